The predicted octanol–water partition coefficient (Wildman–Crippen LogP) is 3.94. The molecule has 0 spiro atoms. The maximum absolute atomic E-state index is 5.42. The first kappa shape index (κ1) is 14.0. The van der Waals surface area contributed by atoms with Crippen LogP contribution in [0.4, 0.5) is 5.69 Å². The van der Waals surface area contributed by atoms with Gasteiger partial charge in [0.15, 0.2) is 0 Å². The molecule has 1 aliphatic rings. The molecule has 3 heteroatoms. The minimum absolute atomic E-state index is 0.534. The summed E-state index contributed by atoms with van der Waals surface area (Å²) in [6.07, 6.45) is 3.75. The SMILES string of the molecule is COc1ccc(OC)c(NC2CCC(C)C(C)C2)c1. The van der Waals surface area contributed by atoms with Crippen molar-refractivity contribution in [3.8, 4) is 11.5 Å². The van der Waals surface area contributed by atoms with E-state index in [0.717, 1.165) is 29.0 Å². The first-order valence-corrected chi connectivity index (χ1v) is 7.12. The Balaban J connectivity index is 2.09. The third-order valence-electron chi connectivity index (χ3n) is 4.36. The van der Waals surface area contributed by atoms with Gasteiger partial charge in [-0.15, -0.1) is 0 Å². The maximum atomic E-state index is 5.42. The lowest BCUT2D eigenvalue weighted by atomic mass is 9.79. The normalized spacial score (nSPS) is 26.8. The molecule has 0 radical (unpaired) electrons. The van der Waals surface area contributed by atoms with Crippen LogP contribution in [0.1, 0.15) is 33.1 Å². The van der Waals surface area contributed by atoms with Crippen molar-refractivity contribution in [2.24, 2.45) is 11.8 Å². The maximum Gasteiger partial charge on any atom is 0.142 e. The van der Waals surface area contributed by atoms with E-state index in [2.05, 4.69) is 19.2 Å². The van der Waals surface area contributed by atoms with Crippen LogP contribution in [0.5, 0.6) is 11.5 Å². The second kappa shape index (κ2) is 6.18. The Morgan fingerprint density at radius 1 is 1.05 bits per heavy atom. The minimum Gasteiger partial charge on any atom is -0.497 e. The monoisotopic (exact) mass is 263 g/mol. The molecular weight excluding hydrogens is 238 g/mol. The largest absolute Gasteiger partial charge is 0.497 e. The number of hydrogen-bond donors (Lipinski definition) is 1. The number of methoxy groups -OCH3 is 2. The molecule has 0 saturated heterocycles. The van der Waals surface area contributed by atoms with Crippen molar-refractivity contribution >= 4 is 5.69 Å². The van der Waals surface area contributed by atoms with E-state index in [9.17, 15) is 0 Å². The molecule has 3 atom stereocenters. The van der Waals surface area contributed by atoms with Gasteiger partial charge in [0.1, 0.15) is 11.5 Å². The highest BCUT2D eigenvalue weighted by Crippen LogP contribution is 2.34. The van der Waals surface area contributed by atoms with Gasteiger partial charge in [0.25, 0.3) is 0 Å². The standard InChI is InChI=1S/C16H25NO2/c1-11-5-6-13(9-12(11)2)17-15-10-14(18-3)7-8-16(15)19-4/h7-8,10-13,17H,5-6,9H2,1-4H3. The Kier molecular flexibility index (Phi) is 4.56. The van der Waals surface area contributed by atoms with Crippen LogP contribution in [0, 0.1) is 11.8 Å². The van der Waals surface area contributed by atoms with Gasteiger partial charge in [-0.1, -0.05) is 13.8 Å². The Bertz CT molecular complexity index is 419. The zero-order valence-corrected chi connectivity index (χ0v) is 12.4. The van der Waals surface area contributed by atoms with Crippen molar-refractivity contribution in [1.29, 1.82) is 0 Å². The molecule has 3 unspecified atom stereocenters. The molecule has 0 heterocycles. The number of nitrogens with one attached hydrogen (secondary N) is 1. The molecule has 2 rings (SSSR count). The molecule has 0 aliphatic heterocycles. The number of rotatable bonds is 4. The number of anilines is 1. The molecule has 19 heavy (non-hydrogen) atoms. The minimum atomic E-state index is 0.534. The molecule has 1 fully saturated rings. The highest BCUT2D eigenvalue weighted by Gasteiger charge is 2.25. The van der Waals surface area contributed by atoms with Gasteiger partial charge in [0.2, 0.25) is 0 Å². The Morgan fingerprint density at radius 2 is 1.84 bits per heavy atom. The van der Waals surface area contributed by atoms with Gasteiger partial charge >= 0.3 is 0 Å². The quantitative estimate of drug-likeness (QED) is 0.892. The van der Waals surface area contributed by atoms with Gasteiger partial charge in [0.05, 0.1) is 19.9 Å². The lowest BCUT2D eigenvalue weighted by molar-refractivity contribution is 0.260. The van der Waals surface area contributed by atoms with Gasteiger partial charge in [-0.3, -0.25) is 0 Å². The summed E-state index contributed by atoms with van der Waals surface area (Å²) in [4.78, 5) is 0. The highest BCUT2D eigenvalue weighted by atomic mass is 16.5. The van der Waals surface area contributed by atoms with Crippen molar-refractivity contribution in [1.82, 2.24) is 0 Å². The summed E-state index contributed by atoms with van der Waals surface area (Å²) < 4.78 is 10.7. The third-order valence-corrected chi connectivity index (χ3v) is 4.36. The van der Waals surface area contributed by atoms with E-state index in [1.54, 1.807) is 14.2 Å². The molecule has 1 saturated carbocycles. The van der Waals surface area contributed by atoms with Crippen LogP contribution in [-0.2, 0) is 0 Å². The van der Waals surface area contributed by atoms with Crippen molar-refractivity contribution in [3.05, 3.63) is 18.2 Å². The number of benzene rings is 1. The third kappa shape index (κ3) is 3.34. The summed E-state index contributed by atoms with van der Waals surface area (Å²) in [5.41, 5.74) is 1.04. The first-order chi connectivity index (χ1) is 9.13. The van der Waals surface area contributed by atoms with E-state index in [-0.39, 0.29) is 0 Å². The van der Waals surface area contributed by atoms with Gasteiger partial charge in [-0.2, -0.15) is 0 Å². The fraction of sp³-hybridized carbons (Fsp3) is 0.625. The van der Waals surface area contributed by atoms with Crippen LogP contribution >= 0.6 is 0 Å². The zero-order valence-electron chi connectivity index (χ0n) is 12.4. The van der Waals surface area contributed by atoms with Crippen molar-refractivity contribution < 1.29 is 9.47 Å². The van der Waals surface area contributed by atoms with E-state index in [1.807, 2.05) is 18.2 Å². The van der Waals surface area contributed by atoms with Gasteiger partial charge in [-0.25, -0.2) is 0 Å². The fourth-order valence-electron chi connectivity index (χ4n) is 2.83. The molecule has 0 amide bonds. The molecule has 1 N–H and O–H groups in total. The summed E-state index contributed by atoms with van der Waals surface area (Å²) >= 11 is 0. The summed E-state index contributed by atoms with van der Waals surface area (Å²) in [6.45, 7) is 4.70. The molecule has 0 aromatic heterocycles. The molecule has 106 valence electrons. The van der Waals surface area contributed by atoms with Crippen LogP contribution < -0.4 is 14.8 Å². The fourth-order valence-corrected chi connectivity index (χ4v) is 2.83. The van der Waals surface area contributed by atoms with Gasteiger partial charge in [0, 0.05) is 12.1 Å². The van der Waals surface area contributed by atoms with E-state index in [0.29, 0.717) is 6.04 Å². The van der Waals surface area contributed by atoms with E-state index < -0.39 is 0 Å². The molecule has 1 aromatic rings. The number of ether oxygens (including phenoxy) is 2. The van der Waals surface area contributed by atoms with Gasteiger partial charge < -0.3 is 14.8 Å². The van der Waals surface area contributed by atoms with Crippen LogP contribution in [0.15, 0.2) is 18.2 Å². The van der Waals surface area contributed by atoms with Crippen molar-refractivity contribution in [2.45, 2.75) is 39.2 Å². The Labute approximate surface area is 116 Å². The molecule has 3 nitrogen and oxygen atoms in total. The molecule has 1 aliphatic carbocycles. The van der Waals surface area contributed by atoms with Crippen molar-refractivity contribution in [3.63, 3.8) is 0 Å². The van der Waals surface area contributed by atoms with Crippen LogP contribution in [0.3, 0.4) is 0 Å². The summed E-state index contributed by atoms with van der Waals surface area (Å²) in [5.74, 6) is 3.36. The molecule has 1 aromatic carbocycles. The lowest BCUT2D eigenvalue weighted by Gasteiger charge is -2.33. The second-order valence-corrected chi connectivity index (χ2v) is 5.68. The number of hydrogen-bond acceptors (Lipinski definition) is 3. The van der Waals surface area contributed by atoms with Crippen LogP contribution in [-0.4, -0.2) is 20.3 Å². The van der Waals surface area contributed by atoms with Gasteiger partial charge in [-0.05, 0) is 43.2 Å². The van der Waals surface area contributed by atoms with E-state index in [1.165, 1.54) is 19.3 Å². The van der Waals surface area contributed by atoms with E-state index >= 15 is 0 Å². The van der Waals surface area contributed by atoms with Crippen LogP contribution in [0.2, 0.25) is 0 Å². The smallest absolute Gasteiger partial charge is 0.142 e. The lowest BCUT2D eigenvalue weighted by Crippen LogP contribution is -2.30. The zero-order chi connectivity index (χ0) is 13.8. The average Bonchev–Trinajstić information content (AvgIpc) is 2.43. The highest BCUT2D eigenvalue weighted by molar-refractivity contribution is 5.60. The van der Waals surface area contributed by atoms with Crippen LogP contribution in [0.25, 0.3) is 0 Å². The molecular formula is C16H25NO2. The van der Waals surface area contributed by atoms with Crippen molar-refractivity contribution in [2.75, 3.05) is 19.5 Å². The first-order valence-electron chi connectivity index (χ1n) is 7.12. The molecule has 0 bridgehead atoms. The second-order valence-electron chi connectivity index (χ2n) is 5.68. The summed E-state index contributed by atoms with van der Waals surface area (Å²) in [5, 5.41) is 3.62. The summed E-state index contributed by atoms with van der Waals surface area (Å²) in [7, 11) is 3.40. The topological polar surface area (TPSA) is 30.5 Å². The Morgan fingerprint density at radius 3 is 2.47 bits per heavy atom. The summed E-state index contributed by atoms with van der Waals surface area (Å²) in [6, 6.07) is 6.43. The average molecular weight is 263 g/mol. The van der Waals surface area contributed by atoms with E-state index in [4.69, 9.17) is 9.47 Å². The Hall–Kier alpha value is -1.38. The predicted molar refractivity (Wildman–Crippen MR) is 79.1 cm³/mol.